The van der Waals surface area contributed by atoms with E-state index in [2.05, 4.69) is 20.0 Å². The van der Waals surface area contributed by atoms with Crippen LogP contribution < -0.4 is 14.8 Å². The highest BCUT2D eigenvalue weighted by molar-refractivity contribution is 7.92. The number of hydrogen-bond acceptors (Lipinski definition) is 7. The van der Waals surface area contributed by atoms with E-state index in [1.54, 1.807) is 30.3 Å². The minimum absolute atomic E-state index is 0.00298. The third-order valence-corrected chi connectivity index (χ3v) is 4.94. The molecule has 0 aliphatic heterocycles. The van der Waals surface area contributed by atoms with E-state index in [4.69, 9.17) is 10.00 Å². The van der Waals surface area contributed by atoms with Gasteiger partial charge in [-0.15, -0.1) is 0 Å². The first-order valence-electron chi connectivity index (χ1n) is 8.29. The van der Waals surface area contributed by atoms with Crippen molar-refractivity contribution in [3.63, 3.8) is 0 Å². The van der Waals surface area contributed by atoms with Crippen molar-refractivity contribution in [3.8, 4) is 11.8 Å². The quantitative estimate of drug-likeness (QED) is 0.611. The molecule has 0 spiro atoms. The molecule has 2 N–H and O–H groups in total. The third kappa shape index (κ3) is 5.50. The summed E-state index contributed by atoms with van der Waals surface area (Å²) >= 11 is 0. The third-order valence-electron chi connectivity index (χ3n) is 3.59. The molecule has 9 nitrogen and oxygen atoms in total. The zero-order valence-electron chi connectivity index (χ0n) is 14.9. The van der Waals surface area contributed by atoms with Gasteiger partial charge in [-0.25, -0.2) is 23.1 Å². The van der Waals surface area contributed by atoms with E-state index in [1.807, 2.05) is 6.07 Å². The second-order valence-electron chi connectivity index (χ2n) is 5.68. The van der Waals surface area contributed by atoms with Crippen LogP contribution in [-0.4, -0.2) is 30.9 Å². The lowest BCUT2D eigenvalue weighted by Crippen LogP contribution is -2.20. The number of nitrogens with one attached hydrogen (secondary N) is 2. The predicted octanol–water partition coefficient (Wildman–Crippen LogP) is 2.17. The lowest BCUT2D eigenvalue weighted by atomic mass is 10.2. The highest BCUT2D eigenvalue weighted by Crippen LogP contribution is 2.17. The average molecular weight is 409 g/mol. The van der Waals surface area contributed by atoms with E-state index in [1.165, 1.54) is 36.7 Å². The summed E-state index contributed by atoms with van der Waals surface area (Å²) in [6, 6.07) is 15.5. The lowest BCUT2D eigenvalue weighted by Gasteiger charge is -2.09. The van der Waals surface area contributed by atoms with Gasteiger partial charge in [0.2, 0.25) is 5.95 Å². The Bertz CT molecular complexity index is 1130. The Labute approximate surface area is 167 Å². The molecule has 29 heavy (non-hydrogen) atoms. The first kappa shape index (κ1) is 19.8. The van der Waals surface area contributed by atoms with E-state index in [0.29, 0.717) is 17.0 Å². The van der Waals surface area contributed by atoms with Crippen molar-refractivity contribution in [3.05, 3.63) is 72.6 Å². The summed E-state index contributed by atoms with van der Waals surface area (Å²) in [5, 5.41) is 11.4. The molecule has 10 heteroatoms. The van der Waals surface area contributed by atoms with Crippen LogP contribution in [0.2, 0.25) is 0 Å². The summed E-state index contributed by atoms with van der Waals surface area (Å²) in [4.78, 5) is 19.6. The smallest absolute Gasteiger partial charge is 0.264 e. The minimum atomic E-state index is -3.85. The number of sulfonamides is 1. The number of hydrogen-bond donors (Lipinski definition) is 2. The monoisotopic (exact) mass is 409 g/mol. The Balaban J connectivity index is 1.56. The van der Waals surface area contributed by atoms with Gasteiger partial charge in [0.05, 0.1) is 16.5 Å². The summed E-state index contributed by atoms with van der Waals surface area (Å²) in [7, 11) is -3.85. The molecule has 1 aromatic heterocycles. The van der Waals surface area contributed by atoms with Gasteiger partial charge in [0, 0.05) is 18.1 Å². The molecule has 0 saturated carbocycles. The number of carbonyl (C=O) groups excluding carboxylic acids is 1. The predicted molar refractivity (Wildman–Crippen MR) is 105 cm³/mol. The van der Waals surface area contributed by atoms with Crippen molar-refractivity contribution in [2.45, 2.75) is 4.90 Å². The zero-order chi connectivity index (χ0) is 20.7. The standard InChI is InChI=1S/C19H15N5O4S/c20-12-14-2-6-16(7-3-14)28-13-18(25)23-15-4-8-17(9-5-15)29(26,27)24-19-21-10-1-11-22-19/h1-11H,13H2,(H,23,25)(H,21,22,24). The number of nitriles is 1. The van der Waals surface area contributed by atoms with Gasteiger partial charge >= 0.3 is 0 Å². The second-order valence-corrected chi connectivity index (χ2v) is 7.36. The normalized spacial score (nSPS) is 10.6. The molecule has 2 aromatic carbocycles. The zero-order valence-corrected chi connectivity index (χ0v) is 15.8. The molecule has 0 fully saturated rings. The molecule has 0 atom stereocenters. The summed E-state index contributed by atoms with van der Waals surface area (Å²) in [6.45, 7) is -0.237. The number of benzene rings is 2. The summed E-state index contributed by atoms with van der Waals surface area (Å²) in [5.41, 5.74) is 0.901. The fourth-order valence-corrected chi connectivity index (χ4v) is 3.18. The van der Waals surface area contributed by atoms with Gasteiger partial charge in [0.25, 0.3) is 15.9 Å². The number of amides is 1. The lowest BCUT2D eigenvalue weighted by molar-refractivity contribution is -0.118. The Kier molecular flexibility index (Phi) is 6.01. The van der Waals surface area contributed by atoms with E-state index in [9.17, 15) is 13.2 Å². The average Bonchev–Trinajstić information content (AvgIpc) is 2.73. The minimum Gasteiger partial charge on any atom is -0.484 e. The van der Waals surface area contributed by atoms with Crippen molar-refractivity contribution in [2.24, 2.45) is 0 Å². The van der Waals surface area contributed by atoms with Gasteiger partial charge in [-0.05, 0) is 54.6 Å². The number of rotatable bonds is 7. The Hall–Kier alpha value is -3.97. The van der Waals surface area contributed by atoms with E-state index in [-0.39, 0.29) is 17.5 Å². The summed E-state index contributed by atoms with van der Waals surface area (Å²) in [6.07, 6.45) is 2.84. The van der Waals surface area contributed by atoms with Gasteiger partial charge < -0.3 is 10.1 Å². The van der Waals surface area contributed by atoms with Crippen LogP contribution in [0.25, 0.3) is 0 Å². The van der Waals surface area contributed by atoms with E-state index < -0.39 is 15.9 Å². The van der Waals surface area contributed by atoms with E-state index in [0.717, 1.165) is 0 Å². The molecule has 1 amide bonds. The van der Waals surface area contributed by atoms with Crippen molar-refractivity contribution >= 4 is 27.6 Å². The molecule has 0 aliphatic rings. The highest BCUT2D eigenvalue weighted by atomic mass is 32.2. The maximum atomic E-state index is 12.3. The van der Waals surface area contributed by atoms with Crippen LogP contribution in [0, 0.1) is 11.3 Å². The number of ether oxygens (including phenoxy) is 1. The van der Waals surface area contributed by atoms with Gasteiger partial charge in [0.15, 0.2) is 6.61 Å². The number of aromatic nitrogens is 2. The van der Waals surface area contributed by atoms with Crippen molar-refractivity contribution in [1.82, 2.24) is 9.97 Å². The van der Waals surface area contributed by atoms with Crippen LogP contribution >= 0.6 is 0 Å². The number of anilines is 2. The number of carbonyl (C=O) groups is 1. The van der Waals surface area contributed by atoms with Gasteiger partial charge in [-0.1, -0.05) is 0 Å². The summed E-state index contributed by atoms with van der Waals surface area (Å²) < 4.78 is 32.2. The Morgan fingerprint density at radius 1 is 1.03 bits per heavy atom. The van der Waals surface area contributed by atoms with E-state index >= 15 is 0 Å². The van der Waals surface area contributed by atoms with Crippen LogP contribution in [0.15, 0.2) is 71.9 Å². The highest BCUT2D eigenvalue weighted by Gasteiger charge is 2.15. The van der Waals surface area contributed by atoms with Gasteiger partial charge in [0.1, 0.15) is 5.75 Å². The first-order valence-corrected chi connectivity index (χ1v) is 9.77. The van der Waals surface area contributed by atoms with Crippen LogP contribution in [0.3, 0.4) is 0 Å². The molecule has 0 bridgehead atoms. The molecule has 3 rings (SSSR count). The largest absolute Gasteiger partial charge is 0.484 e. The van der Waals surface area contributed by atoms with Crippen molar-refractivity contribution < 1.29 is 17.9 Å². The first-order chi connectivity index (χ1) is 14.0. The fraction of sp³-hybridized carbons (Fsp3) is 0.0526. The molecule has 1 heterocycles. The van der Waals surface area contributed by atoms with Crippen molar-refractivity contribution in [1.29, 1.82) is 5.26 Å². The molecular weight excluding hydrogens is 394 g/mol. The van der Waals surface area contributed by atoms with Gasteiger partial charge in [-0.3, -0.25) is 4.79 Å². The summed E-state index contributed by atoms with van der Waals surface area (Å²) in [5.74, 6) is 0.000375. The van der Waals surface area contributed by atoms with Crippen LogP contribution in [0.5, 0.6) is 5.75 Å². The Morgan fingerprint density at radius 2 is 1.69 bits per heavy atom. The molecule has 146 valence electrons. The fourth-order valence-electron chi connectivity index (χ4n) is 2.22. The SMILES string of the molecule is N#Cc1ccc(OCC(=O)Nc2ccc(S(=O)(=O)Nc3ncccn3)cc2)cc1. The molecule has 3 aromatic rings. The second kappa shape index (κ2) is 8.81. The molecule has 0 radical (unpaired) electrons. The Morgan fingerprint density at radius 3 is 2.31 bits per heavy atom. The van der Waals surface area contributed by atoms with Crippen molar-refractivity contribution in [2.75, 3.05) is 16.6 Å². The maximum absolute atomic E-state index is 12.3. The van der Waals surface area contributed by atoms with Crippen LogP contribution in [0.4, 0.5) is 11.6 Å². The molecule has 0 aliphatic carbocycles. The topological polar surface area (TPSA) is 134 Å². The number of nitrogens with zero attached hydrogens (tertiary/aromatic N) is 3. The maximum Gasteiger partial charge on any atom is 0.264 e. The molecular formula is C19H15N5O4S. The molecule has 0 unspecified atom stereocenters. The van der Waals surface area contributed by atoms with Gasteiger partial charge in [-0.2, -0.15) is 5.26 Å². The van der Waals surface area contributed by atoms with Crippen LogP contribution in [-0.2, 0) is 14.8 Å². The molecule has 0 saturated heterocycles. The van der Waals surface area contributed by atoms with Crippen LogP contribution in [0.1, 0.15) is 5.56 Å².